The number of aryl methyl sites for hydroxylation is 2. The predicted molar refractivity (Wildman–Crippen MR) is 78.3 cm³/mol. The highest BCUT2D eigenvalue weighted by Crippen LogP contribution is 2.05. The zero-order chi connectivity index (χ0) is 15.2. The highest BCUT2D eigenvalue weighted by molar-refractivity contribution is 5.76. The van der Waals surface area contributed by atoms with E-state index in [1.54, 1.807) is 37.5 Å². The van der Waals surface area contributed by atoms with Crippen LogP contribution in [0.2, 0.25) is 0 Å². The molecule has 5 heteroatoms. The highest BCUT2D eigenvalue weighted by atomic mass is 19.1. The molecular weight excluding hydrogens is 271 g/mol. The maximum Gasteiger partial charge on any atom is 0.255 e. The summed E-state index contributed by atoms with van der Waals surface area (Å²) in [5, 5.41) is 2.72. The topological polar surface area (TPSA) is 51.1 Å². The van der Waals surface area contributed by atoms with Gasteiger partial charge in [-0.1, -0.05) is 18.2 Å². The fraction of sp³-hybridized carbons (Fsp3) is 0.250. The van der Waals surface area contributed by atoms with Crippen LogP contribution in [0.3, 0.4) is 0 Å². The van der Waals surface area contributed by atoms with Crippen LogP contribution in [0.1, 0.15) is 17.5 Å². The number of rotatable bonds is 5. The molecular formula is C16H17FN2O2. The Morgan fingerprint density at radius 2 is 1.95 bits per heavy atom. The molecule has 0 fully saturated rings. The summed E-state index contributed by atoms with van der Waals surface area (Å²) in [5.41, 5.74) is 1.34. The van der Waals surface area contributed by atoms with Crippen LogP contribution in [0.4, 0.5) is 4.39 Å². The van der Waals surface area contributed by atoms with Crippen molar-refractivity contribution in [3.05, 3.63) is 69.9 Å². The van der Waals surface area contributed by atoms with Crippen LogP contribution in [-0.2, 0) is 24.8 Å². The van der Waals surface area contributed by atoms with E-state index in [9.17, 15) is 14.0 Å². The molecule has 2 aromatic rings. The average Bonchev–Trinajstić information content (AvgIpc) is 2.48. The number of pyridine rings is 1. The molecule has 0 unspecified atom stereocenters. The van der Waals surface area contributed by atoms with Crippen LogP contribution in [0.5, 0.6) is 0 Å². The molecule has 1 N–H and O–H groups in total. The third-order valence-corrected chi connectivity index (χ3v) is 3.23. The normalized spacial score (nSPS) is 10.4. The molecule has 1 aromatic heterocycles. The molecule has 0 saturated heterocycles. The van der Waals surface area contributed by atoms with Crippen molar-refractivity contribution in [2.45, 2.75) is 19.4 Å². The lowest BCUT2D eigenvalue weighted by Crippen LogP contribution is -2.28. The quantitative estimate of drug-likeness (QED) is 0.911. The summed E-state index contributed by atoms with van der Waals surface area (Å²) in [5.74, 6) is -0.423. The van der Waals surface area contributed by atoms with Crippen molar-refractivity contribution in [2.75, 3.05) is 0 Å². The minimum Gasteiger partial charge on any atom is -0.352 e. The summed E-state index contributed by atoms with van der Waals surface area (Å²) in [4.78, 5) is 23.5. The van der Waals surface area contributed by atoms with E-state index < -0.39 is 0 Å². The molecule has 1 aromatic carbocycles. The van der Waals surface area contributed by atoms with Gasteiger partial charge in [-0.15, -0.1) is 0 Å². The largest absolute Gasteiger partial charge is 0.352 e. The average molecular weight is 288 g/mol. The van der Waals surface area contributed by atoms with Crippen molar-refractivity contribution in [2.24, 2.45) is 7.05 Å². The second kappa shape index (κ2) is 6.83. The number of nitrogens with zero attached hydrogens (tertiary/aromatic N) is 1. The molecule has 0 aliphatic rings. The minimum atomic E-state index is -0.289. The van der Waals surface area contributed by atoms with Gasteiger partial charge < -0.3 is 9.88 Å². The minimum absolute atomic E-state index is 0.115. The van der Waals surface area contributed by atoms with E-state index in [0.717, 1.165) is 5.56 Å². The Morgan fingerprint density at radius 3 is 2.67 bits per heavy atom. The van der Waals surface area contributed by atoms with Crippen molar-refractivity contribution in [3.8, 4) is 0 Å². The van der Waals surface area contributed by atoms with Crippen LogP contribution >= 0.6 is 0 Å². The first-order valence-electron chi connectivity index (χ1n) is 6.72. The monoisotopic (exact) mass is 288 g/mol. The fourth-order valence-corrected chi connectivity index (χ4v) is 1.98. The number of amides is 1. The molecule has 4 nitrogen and oxygen atoms in total. The van der Waals surface area contributed by atoms with Gasteiger partial charge >= 0.3 is 0 Å². The number of aromatic nitrogens is 1. The van der Waals surface area contributed by atoms with E-state index in [-0.39, 0.29) is 23.8 Å². The van der Waals surface area contributed by atoms with Crippen LogP contribution in [0, 0.1) is 5.82 Å². The number of carbonyl (C=O) groups is 1. The lowest BCUT2D eigenvalue weighted by atomic mass is 10.1. The molecule has 1 heterocycles. The summed E-state index contributed by atoms with van der Waals surface area (Å²) in [6.07, 6.45) is 2.51. The van der Waals surface area contributed by atoms with Gasteiger partial charge in [0.05, 0.1) is 0 Å². The van der Waals surface area contributed by atoms with Gasteiger partial charge in [0, 0.05) is 31.8 Å². The number of hydrogen-bond donors (Lipinski definition) is 1. The van der Waals surface area contributed by atoms with Crippen molar-refractivity contribution < 1.29 is 9.18 Å². The number of benzene rings is 1. The maximum absolute atomic E-state index is 12.8. The van der Waals surface area contributed by atoms with Gasteiger partial charge in [0.1, 0.15) is 5.82 Å². The molecule has 0 aliphatic heterocycles. The molecule has 0 spiro atoms. The third kappa shape index (κ3) is 4.27. The van der Waals surface area contributed by atoms with Crippen LogP contribution in [0.15, 0.2) is 47.4 Å². The zero-order valence-corrected chi connectivity index (χ0v) is 11.8. The Balaban J connectivity index is 1.83. The summed E-state index contributed by atoms with van der Waals surface area (Å²) in [6.45, 7) is 0.218. The molecule has 0 atom stereocenters. The fourth-order valence-electron chi connectivity index (χ4n) is 1.98. The molecule has 1 amide bonds. The van der Waals surface area contributed by atoms with Crippen molar-refractivity contribution in [3.63, 3.8) is 0 Å². The van der Waals surface area contributed by atoms with Gasteiger partial charge in [-0.05, 0) is 30.2 Å². The highest BCUT2D eigenvalue weighted by Gasteiger charge is 2.05. The van der Waals surface area contributed by atoms with Gasteiger partial charge in [-0.3, -0.25) is 9.59 Å². The van der Waals surface area contributed by atoms with Gasteiger partial charge in [0.25, 0.3) is 5.56 Å². The van der Waals surface area contributed by atoms with E-state index in [1.807, 2.05) is 0 Å². The molecule has 0 aliphatic carbocycles. The van der Waals surface area contributed by atoms with Gasteiger partial charge in [0.15, 0.2) is 0 Å². The van der Waals surface area contributed by atoms with Crippen molar-refractivity contribution in [1.82, 2.24) is 9.88 Å². The second-order valence-corrected chi connectivity index (χ2v) is 4.85. The number of nitrogens with one attached hydrogen (secondary N) is 1. The van der Waals surface area contributed by atoms with Crippen molar-refractivity contribution >= 4 is 5.91 Å². The summed E-state index contributed by atoms with van der Waals surface area (Å²) in [7, 11) is 1.67. The molecule has 0 bridgehead atoms. The van der Waals surface area contributed by atoms with Crippen molar-refractivity contribution in [1.29, 1.82) is 0 Å². The second-order valence-electron chi connectivity index (χ2n) is 4.85. The molecule has 21 heavy (non-hydrogen) atoms. The van der Waals surface area contributed by atoms with E-state index in [2.05, 4.69) is 5.32 Å². The Morgan fingerprint density at radius 1 is 1.24 bits per heavy atom. The number of carbonyl (C=O) groups excluding carboxylic acids is 1. The first-order chi connectivity index (χ1) is 10.1. The Labute approximate surface area is 122 Å². The zero-order valence-electron chi connectivity index (χ0n) is 11.8. The summed E-state index contributed by atoms with van der Waals surface area (Å²) < 4.78 is 14.2. The van der Waals surface area contributed by atoms with Gasteiger partial charge in [0.2, 0.25) is 5.91 Å². The summed E-state index contributed by atoms with van der Waals surface area (Å²) in [6, 6.07) is 9.54. The third-order valence-electron chi connectivity index (χ3n) is 3.23. The van der Waals surface area contributed by atoms with Crippen LogP contribution < -0.4 is 10.9 Å². The Kier molecular flexibility index (Phi) is 4.87. The van der Waals surface area contributed by atoms with E-state index in [4.69, 9.17) is 0 Å². The van der Waals surface area contributed by atoms with E-state index >= 15 is 0 Å². The van der Waals surface area contributed by atoms with Crippen LogP contribution in [0.25, 0.3) is 0 Å². The standard InChI is InChI=1S/C16H17FN2O2/c1-19-10-2-3-13(16(19)21)11-18-15(20)9-6-12-4-7-14(17)8-5-12/h2-5,7-8,10H,6,9,11H2,1H3,(H,18,20). The maximum atomic E-state index is 12.8. The van der Waals surface area contributed by atoms with E-state index in [1.165, 1.54) is 16.7 Å². The van der Waals surface area contributed by atoms with Gasteiger partial charge in [-0.25, -0.2) is 4.39 Å². The number of halogens is 1. The van der Waals surface area contributed by atoms with Gasteiger partial charge in [-0.2, -0.15) is 0 Å². The molecule has 110 valence electrons. The lowest BCUT2D eigenvalue weighted by molar-refractivity contribution is -0.121. The Hall–Kier alpha value is -2.43. The molecule has 2 rings (SSSR count). The predicted octanol–water partition coefficient (Wildman–Crippen LogP) is 1.77. The van der Waals surface area contributed by atoms with E-state index in [0.29, 0.717) is 18.4 Å². The first-order valence-corrected chi connectivity index (χ1v) is 6.72. The number of hydrogen-bond acceptors (Lipinski definition) is 2. The Bertz CT molecular complexity index is 677. The smallest absolute Gasteiger partial charge is 0.255 e. The molecule has 0 radical (unpaired) electrons. The lowest BCUT2D eigenvalue weighted by Gasteiger charge is -2.06. The van der Waals surface area contributed by atoms with Crippen LogP contribution in [-0.4, -0.2) is 10.5 Å². The molecule has 0 saturated carbocycles. The summed E-state index contributed by atoms with van der Waals surface area (Å²) >= 11 is 0. The first kappa shape index (κ1) is 15.0. The SMILES string of the molecule is Cn1cccc(CNC(=O)CCc2ccc(F)cc2)c1=O.